The van der Waals surface area contributed by atoms with E-state index in [1.807, 2.05) is 41.3 Å². The van der Waals surface area contributed by atoms with E-state index < -0.39 is 0 Å². The SMILES string of the molecule is Cn1c(-c2ccc(Cl)cc2)cs/c1=N/NC(=O)c1ccco1. The van der Waals surface area contributed by atoms with Crippen molar-refractivity contribution >= 4 is 28.8 Å². The zero-order chi connectivity index (χ0) is 15.5. The lowest BCUT2D eigenvalue weighted by molar-refractivity contribution is 0.0925. The smallest absolute Gasteiger partial charge is 0.307 e. The summed E-state index contributed by atoms with van der Waals surface area (Å²) in [5, 5.41) is 6.79. The number of amides is 1. The predicted molar refractivity (Wildman–Crippen MR) is 85.5 cm³/mol. The van der Waals surface area contributed by atoms with Crippen LogP contribution in [0.15, 0.2) is 57.6 Å². The van der Waals surface area contributed by atoms with E-state index in [0.29, 0.717) is 9.82 Å². The minimum absolute atomic E-state index is 0.223. The number of furan rings is 1. The lowest BCUT2D eigenvalue weighted by atomic mass is 10.2. The van der Waals surface area contributed by atoms with Gasteiger partial charge in [-0.1, -0.05) is 23.7 Å². The van der Waals surface area contributed by atoms with Crippen LogP contribution < -0.4 is 10.2 Å². The number of nitrogens with one attached hydrogen (secondary N) is 1. The highest BCUT2D eigenvalue weighted by Crippen LogP contribution is 2.21. The van der Waals surface area contributed by atoms with E-state index in [2.05, 4.69) is 10.5 Å². The van der Waals surface area contributed by atoms with Crippen LogP contribution in [0.2, 0.25) is 5.02 Å². The van der Waals surface area contributed by atoms with Crippen molar-refractivity contribution in [1.29, 1.82) is 0 Å². The molecule has 112 valence electrons. The van der Waals surface area contributed by atoms with E-state index in [1.165, 1.54) is 17.6 Å². The number of hydrogen-bond acceptors (Lipinski definition) is 4. The number of hydrogen-bond donors (Lipinski definition) is 1. The number of halogens is 1. The van der Waals surface area contributed by atoms with Crippen molar-refractivity contribution in [2.45, 2.75) is 0 Å². The van der Waals surface area contributed by atoms with Crippen molar-refractivity contribution in [2.75, 3.05) is 0 Å². The zero-order valence-corrected chi connectivity index (χ0v) is 13.2. The normalized spacial score (nSPS) is 11.6. The van der Waals surface area contributed by atoms with Crippen molar-refractivity contribution in [2.24, 2.45) is 12.1 Å². The molecule has 1 aromatic carbocycles. The molecule has 5 nitrogen and oxygen atoms in total. The van der Waals surface area contributed by atoms with Crippen molar-refractivity contribution in [3.05, 3.63) is 63.6 Å². The molecule has 0 atom stereocenters. The van der Waals surface area contributed by atoms with Gasteiger partial charge in [0.05, 0.1) is 12.0 Å². The van der Waals surface area contributed by atoms with Crippen molar-refractivity contribution < 1.29 is 9.21 Å². The molecule has 0 bridgehead atoms. The van der Waals surface area contributed by atoms with Crippen LogP contribution in [-0.4, -0.2) is 10.5 Å². The third-order valence-electron chi connectivity index (χ3n) is 3.06. The lowest BCUT2D eigenvalue weighted by Crippen LogP contribution is -2.23. The molecule has 22 heavy (non-hydrogen) atoms. The van der Waals surface area contributed by atoms with Gasteiger partial charge in [-0.05, 0) is 29.8 Å². The number of aromatic nitrogens is 1. The number of benzene rings is 1. The Kier molecular flexibility index (Phi) is 4.13. The fourth-order valence-electron chi connectivity index (χ4n) is 1.91. The molecule has 0 saturated heterocycles. The third-order valence-corrected chi connectivity index (χ3v) is 4.23. The van der Waals surface area contributed by atoms with Crippen molar-refractivity contribution in [1.82, 2.24) is 9.99 Å². The molecular formula is C15H12ClN3O2S. The summed E-state index contributed by atoms with van der Waals surface area (Å²) in [6, 6.07) is 10.8. The molecule has 0 aliphatic carbocycles. The average molecular weight is 334 g/mol. The number of carbonyl (C=O) groups is 1. The second-order valence-electron chi connectivity index (χ2n) is 4.50. The monoisotopic (exact) mass is 333 g/mol. The molecule has 0 fully saturated rings. The summed E-state index contributed by atoms with van der Waals surface area (Å²) in [4.78, 5) is 12.5. The molecule has 0 radical (unpaired) electrons. The van der Waals surface area contributed by atoms with Gasteiger partial charge in [0.25, 0.3) is 0 Å². The number of thiazole rings is 1. The molecule has 2 heterocycles. The molecule has 1 amide bonds. The van der Waals surface area contributed by atoms with E-state index >= 15 is 0 Å². The fourth-order valence-corrected chi connectivity index (χ4v) is 2.91. The van der Waals surface area contributed by atoms with Crippen LogP contribution in [0.1, 0.15) is 10.6 Å². The van der Waals surface area contributed by atoms with Crippen LogP contribution in [0.5, 0.6) is 0 Å². The quantitative estimate of drug-likeness (QED) is 0.748. The van der Waals surface area contributed by atoms with Gasteiger partial charge in [0.1, 0.15) is 0 Å². The van der Waals surface area contributed by atoms with Gasteiger partial charge in [-0.25, -0.2) is 5.43 Å². The van der Waals surface area contributed by atoms with Crippen LogP contribution in [0.25, 0.3) is 11.3 Å². The zero-order valence-electron chi connectivity index (χ0n) is 11.6. The maximum absolute atomic E-state index is 11.8. The van der Waals surface area contributed by atoms with Gasteiger partial charge < -0.3 is 8.98 Å². The van der Waals surface area contributed by atoms with E-state index in [4.69, 9.17) is 16.0 Å². The van der Waals surface area contributed by atoms with Gasteiger partial charge in [-0.15, -0.1) is 16.4 Å². The van der Waals surface area contributed by atoms with Crippen LogP contribution >= 0.6 is 22.9 Å². The Morgan fingerprint density at radius 1 is 1.32 bits per heavy atom. The molecule has 2 aromatic heterocycles. The van der Waals surface area contributed by atoms with Gasteiger partial charge in [0.2, 0.25) is 4.80 Å². The first-order valence-corrected chi connectivity index (χ1v) is 7.69. The molecule has 3 aromatic rings. The highest BCUT2D eigenvalue weighted by Gasteiger charge is 2.08. The van der Waals surface area contributed by atoms with E-state index in [9.17, 15) is 4.79 Å². The topological polar surface area (TPSA) is 59.5 Å². The van der Waals surface area contributed by atoms with Gasteiger partial charge in [0.15, 0.2) is 5.76 Å². The van der Waals surface area contributed by atoms with E-state index in [-0.39, 0.29) is 11.7 Å². The lowest BCUT2D eigenvalue weighted by Gasteiger charge is -2.02. The van der Waals surface area contributed by atoms with Crippen LogP contribution in [0.3, 0.4) is 0 Å². The molecule has 0 aliphatic rings. The highest BCUT2D eigenvalue weighted by molar-refractivity contribution is 7.07. The van der Waals surface area contributed by atoms with Gasteiger partial charge in [0, 0.05) is 17.5 Å². The first kappa shape index (κ1) is 14.6. The molecule has 0 saturated carbocycles. The Balaban J connectivity index is 1.85. The summed E-state index contributed by atoms with van der Waals surface area (Å²) in [6.07, 6.45) is 1.44. The minimum Gasteiger partial charge on any atom is -0.459 e. The average Bonchev–Trinajstić information content (AvgIpc) is 3.16. The minimum atomic E-state index is -0.383. The van der Waals surface area contributed by atoms with E-state index in [0.717, 1.165) is 11.3 Å². The Bertz CT molecular complexity index is 848. The molecule has 7 heteroatoms. The molecular weight excluding hydrogens is 322 g/mol. The molecule has 0 unspecified atom stereocenters. The van der Waals surface area contributed by atoms with Gasteiger partial charge in [-0.2, -0.15) is 0 Å². The van der Waals surface area contributed by atoms with E-state index in [1.54, 1.807) is 12.1 Å². The molecule has 3 rings (SSSR count). The van der Waals surface area contributed by atoms with Crippen LogP contribution in [0.4, 0.5) is 0 Å². The highest BCUT2D eigenvalue weighted by atomic mass is 35.5. The molecule has 1 N–H and O–H groups in total. The third kappa shape index (κ3) is 2.98. The number of nitrogens with zero attached hydrogens (tertiary/aromatic N) is 2. The second-order valence-corrected chi connectivity index (χ2v) is 5.77. The van der Waals surface area contributed by atoms with Gasteiger partial charge in [-0.3, -0.25) is 4.79 Å². The largest absolute Gasteiger partial charge is 0.459 e. The van der Waals surface area contributed by atoms with Crippen LogP contribution in [0, 0.1) is 0 Å². The predicted octanol–water partition coefficient (Wildman–Crippen LogP) is 3.25. The fraction of sp³-hybridized carbons (Fsp3) is 0.0667. The van der Waals surface area contributed by atoms with Crippen molar-refractivity contribution in [3.63, 3.8) is 0 Å². The Morgan fingerprint density at radius 2 is 2.09 bits per heavy atom. The standard InChI is InChI=1S/C15H12ClN3O2S/c1-19-12(10-4-6-11(16)7-5-10)9-22-15(19)18-17-14(20)13-3-2-8-21-13/h2-9H,1H3,(H,17,20)/b18-15+. The molecule has 0 spiro atoms. The summed E-state index contributed by atoms with van der Waals surface area (Å²) < 4.78 is 6.91. The number of carbonyl (C=O) groups excluding carboxylic acids is 1. The Morgan fingerprint density at radius 3 is 2.77 bits per heavy atom. The maximum atomic E-state index is 11.8. The maximum Gasteiger partial charge on any atom is 0.307 e. The molecule has 0 aliphatic heterocycles. The first-order chi connectivity index (χ1) is 10.6. The van der Waals surface area contributed by atoms with Crippen molar-refractivity contribution in [3.8, 4) is 11.3 Å². The Labute approximate surface area is 135 Å². The summed E-state index contributed by atoms with van der Waals surface area (Å²) in [5.41, 5.74) is 4.50. The first-order valence-electron chi connectivity index (χ1n) is 6.43. The summed E-state index contributed by atoms with van der Waals surface area (Å²) in [5.74, 6) is -0.160. The number of rotatable bonds is 3. The summed E-state index contributed by atoms with van der Waals surface area (Å²) >= 11 is 7.33. The summed E-state index contributed by atoms with van der Waals surface area (Å²) in [7, 11) is 1.89. The second kappa shape index (κ2) is 6.21. The summed E-state index contributed by atoms with van der Waals surface area (Å²) in [6.45, 7) is 0. The van der Waals surface area contributed by atoms with Gasteiger partial charge >= 0.3 is 5.91 Å². The Hall–Kier alpha value is -2.31. The van der Waals surface area contributed by atoms with Crippen LogP contribution in [-0.2, 0) is 7.05 Å².